The number of carbonyl (C=O) groups excluding carboxylic acids is 3. The Labute approximate surface area is 211 Å². The Morgan fingerprint density at radius 2 is 1.83 bits per heavy atom. The lowest BCUT2D eigenvalue weighted by Gasteiger charge is -2.23. The highest BCUT2D eigenvalue weighted by atomic mass is 16.6. The van der Waals surface area contributed by atoms with Gasteiger partial charge in [0.1, 0.15) is 12.2 Å². The molecule has 1 heterocycles. The molecular formula is C29H33NO6. The van der Waals surface area contributed by atoms with E-state index in [1.165, 1.54) is 6.92 Å². The van der Waals surface area contributed by atoms with Crippen LogP contribution in [0.4, 0.5) is 0 Å². The van der Waals surface area contributed by atoms with Crippen molar-refractivity contribution < 1.29 is 29.0 Å². The van der Waals surface area contributed by atoms with Gasteiger partial charge in [0.15, 0.2) is 0 Å². The molecule has 7 heteroatoms. The average molecular weight is 492 g/mol. The molecule has 7 nitrogen and oxygen atoms in total. The lowest BCUT2D eigenvalue weighted by Crippen LogP contribution is -2.36. The summed E-state index contributed by atoms with van der Waals surface area (Å²) in [5.41, 5.74) is 2.52. The molecule has 190 valence electrons. The number of nitrogens with zero attached hydrogens (tertiary/aromatic N) is 1. The van der Waals surface area contributed by atoms with Crippen molar-refractivity contribution in [3.63, 3.8) is 0 Å². The van der Waals surface area contributed by atoms with Gasteiger partial charge in [-0.1, -0.05) is 61.5 Å². The number of esters is 2. The molecule has 1 saturated carbocycles. The molecule has 36 heavy (non-hydrogen) atoms. The van der Waals surface area contributed by atoms with Crippen molar-refractivity contribution in [1.29, 1.82) is 0 Å². The van der Waals surface area contributed by atoms with Crippen LogP contribution >= 0.6 is 0 Å². The van der Waals surface area contributed by atoms with Crippen LogP contribution < -0.4 is 0 Å². The van der Waals surface area contributed by atoms with E-state index in [4.69, 9.17) is 9.47 Å². The minimum Gasteiger partial charge on any atom is -0.462 e. The van der Waals surface area contributed by atoms with Gasteiger partial charge in [-0.2, -0.15) is 0 Å². The second-order valence-electron chi connectivity index (χ2n) is 9.51. The highest BCUT2D eigenvalue weighted by molar-refractivity contribution is 5.90. The molecule has 1 saturated heterocycles. The molecule has 1 aliphatic carbocycles. The summed E-state index contributed by atoms with van der Waals surface area (Å²) in [4.78, 5) is 38.3. The van der Waals surface area contributed by atoms with Crippen molar-refractivity contribution in [3.8, 4) is 11.1 Å². The van der Waals surface area contributed by atoms with Crippen molar-refractivity contribution >= 4 is 17.8 Å². The normalized spacial score (nSPS) is 23.8. The van der Waals surface area contributed by atoms with Crippen LogP contribution in [0.2, 0.25) is 0 Å². The summed E-state index contributed by atoms with van der Waals surface area (Å²) in [5.74, 6) is -1.16. The molecule has 0 spiro atoms. The zero-order valence-electron chi connectivity index (χ0n) is 20.7. The number of benzene rings is 2. The molecular weight excluding hydrogens is 458 g/mol. The topological polar surface area (TPSA) is 93.1 Å². The first kappa shape index (κ1) is 25.6. The van der Waals surface area contributed by atoms with Gasteiger partial charge in [-0.25, -0.2) is 4.79 Å². The largest absolute Gasteiger partial charge is 0.462 e. The SMILES string of the molecule is CCCN(C[C@@H](O)C=CC1C(OC(=O)c2ccc(-c3ccccc3)cc2)CC2OC(=O)CC21)C(C)=O. The van der Waals surface area contributed by atoms with Gasteiger partial charge in [0.2, 0.25) is 5.91 Å². The number of ether oxygens (including phenoxy) is 2. The van der Waals surface area contributed by atoms with Crippen LogP contribution in [0.5, 0.6) is 0 Å². The first-order valence-electron chi connectivity index (χ1n) is 12.5. The molecule has 1 aliphatic heterocycles. The van der Waals surface area contributed by atoms with Gasteiger partial charge in [-0.15, -0.1) is 0 Å². The summed E-state index contributed by atoms with van der Waals surface area (Å²) in [7, 11) is 0. The van der Waals surface area contributed by atoms with Crippen molar-refractivity contribution in [3.05, 3.63) is 72.3 Å². The van der Waals surface area contributed by atoms with Gasteiger partial charge in [0, 0.05) is 31.7 Å². The van der Waals surface area contributed by atoms with E-state index in [9.17, 15) is 19.5 Å². The van der Waals surface area contributed by atoms with Crippen molar-refractivity contribution in [2.24, 2.45) is 11.8 Å². The quantitative estimate of drug-likeness (QED) is 0.421. The number of aliphatic hydroxyl groups excluding tert-OH is 1. The van der Waals surface area contributed by atoms with E-state index in [1.54, 1.807) is 23.1 Å². The number of hydrogen-bond acceptors (Lipinski definition) is 6. The van der Waals surface area contributed by atoms with E-state index in [-0.39, 0.29) is 42.8 Å². The first-order valence-corrected chi connectivity index (χ1v) is 12.5. The smallest absolute Gasteiger partial charge is 0.338 e. The van der Waals surface area contributed by atoms with Crippen molar-refractivity contribution in [1.82, 2.24) is 4.90 Å². The van der Waals surface area contributed by atoms with Gasteiger partial charge in [-0.3, -0.25) is 9.59 Å². The molecule has 2 aliphatic rings. The molecule has 4 rings (SSSR count). The van der Waals surface area contributed by atoms with Crippen LogP contribution in [0.15, 0.2) is 66.7 Å². The molecule has 1 amide bonds. The number of fused-ring (bicyclic) bond motifs is 1. The van der Waals surface area contributed by atoms with Gasteiger partial charge in [-0.05, 0) is 29.7 Å². The number of carbonyl (C=O) groups is 3. The van der Waals surface area contributed by atoms with Crippen LogP contribution in [-0.2, 0) is 19.1 Å². The zero-order valence-corrected chi connectivity index (χ0v) is 20.7. The maximum Gasteiger partial charge on any atom is 0.338 e. The predicted octanol–water partition coefficient (Wildman–Crippen LogP) is 4.01. The van der Waals surface area contributed by atoms with E-state index >= 15 is 0 Å². The molecule has 2 aromatic carbocycles. The third-order valence-corrected chi connectivity index (χ3v) is 6.94. The molecule has 5 atom stereocenters. The summed E-state index contributed by atoms with van der Waals surface area (Å²) < 4.78 is 11.3. The predicted molar refractivity (Wildman–Crippen MR) is 135 cm³/mol. The minimum absolute atomic E-state index is 0.0925. The number of hydrogen-bond donors (Lipinski definition) is 1. The third-order valence-electron chi connectivity index (χ3n) is 6.94. The Hall–Kier alpha value is -3.45. The number of rotatable bonds is 9. The molecule has 0 aromatic heterocycles. The fourth-order valence-corrected chi connectivity index (χ4v) is 5.12. The summed E-state index contributed by atoms with van der Waals surface area (Å²) >= 11 is 0. The molecule has 2 aromatic rings. The van der Waals surface area contributed by atoms with Crippen LogP contribution in [-0.4, -0.2) is 59.3 Å². The van der Waals surface area contributed by atoms with E-state index in [0.29, 0.717) is 18.5 Å². The number of amides is 1. The van der Waals surface area contributed by atoms with E-state index < -0.39 is 18.2 Å². The van der Waals surface area contributed by atoms with E-state index in [0.717, 1.165) is 17.5 Å². The Balaban J connectivity index is 1.44. The van der Waals surface area contributed by atoms with Crippen LogP contribution in [0, 0.1) is 11.8 Å². The monoisotopic (exact) mass is 491 g/mol. The maximum atomic E-state index is 13.0. The van der Waals surface area contributed by atoms with Crippen LogP contribution in [0.1, 0.15) is 43.5 Å². The van der Waals surface area contributed by atoms with Gasteiger partial charge in [0.25, 0.3) is 0 Å². The van der Waals surface area contributed by atoms with Crippen molar-refractivity contribution in [2.75, 3.05) is 13.1 Å². The maximum absolute atomic E-state index is 13.0. The fourth-order valence-electron chi connectivity index (χ4n) is 5.12. The van der Waals surface area contributed by atoms with Crippen LogP contribution in [0.3, 0.4) is 0 Å². The first-order chi connectivity index (χ1) is 17.4. The highest BCUT2D eigenvalue weighted by Crippen LogP contribution is 2.43. The Morgan fingerprint density at radius 3 is 2.50 bits per heavy atom. The second kappa shape index (κ2) is 11.5. The zero-order chi connectivity index (χ0) is 25.7. The molecule has 1 N–H and O–H groups in total. The van der Waals surface area contributed by atoms with E-state index in [1.807, 2.05) is 55.5 Å². The second-order valence-corrected chi connectivity index (χ2v) is 9.51. The van der Waals surface area contributed by atoms with E-state index in [2.05, 4.69) is 0 Å². The third kappa shape index (κ3) is 6.02. The van der Waals surface area contributed by atoms with Crippen molar-refractivity contribution in [2.45, 2.75) is 51.4 Å². The summed E-state index contributed by atoms with van der Waals surface area (Å²) in [6.07, 6.45) is 3.28. The van der Waals surface area contributed by atoms with Gasteiger partial charge < -0.3 is 19.5 Å². The molecule has 0 bridgehead atoms. The molecule has 4 unspecified atom stereocenters. The Morgan fingerprint density at radius 1 is 1.14 bits per heavy atom. The fraction of sp³-hybridized carbons (Fsp3) is 0.414. The Bertz CT molecular complexity index is 1100. The van der Waals surface area contributed by atoms with Crippen LogP contribution in [0.25, 0.3) is 11.1 Å². The summed E-state index contributed by atoms with van der Waals surface area (Å²) in [5, 5.41) is 10.5. The highest BCUT2D eigenvalue weighted by Gasteiger charge is 2.50. The number of aliphatic hydroxyl groups is 1. The minimum atomic E-state index is -0.862. The average Bonchev–Trinajstić information content (AvgIpc) is 3.38. The lowest BCUT2D eigenvalue weighted by atomic mass is 9.91. The van der Waals surface area contributed by atoms with Gasteiger partial charge >= 0.3 is 11.9 Å². The van der Waals surface area contributed by atoms with Gasteiger partial charge in [0.05, 0.1) is 24.6 Å². The Kier molecular flexibility index (Phi) is 8.21. The molecule has 2 fully saturated rings. The summed E-state index contributed by atoms with van der Waals surface area (Å²) in [6.45, 7) is 4.22. The standard InChI is InChI=1S/C29H33NO6/c1-3-15-30(19(2)31)18-23(32)13-14-24-25-16-28(33)35-27(25)17-26(24)36-29(34)22-11-9-21(10-12-22)20-7-5-4-6-8-20/h4-14,23-27,32H,3,15-18H2,1-2H3/t23-,24?,25?,26?,27?/m0/s1. The molecule has 0 radical (unpaired) electrons. The summed E-state index contributed by atoms with van der Waals surface area (Å²) in [6, 6.07) is 17.2. The lowest BCUT2D eigenvalue weighted by molar-refractivity contribution is -0.142.